The van der Waals surface area contributed by atoms with Crippen molar-refractivity contribution >= 4 is 29.2 Å². The van der Waals surface area contributed by atoms with Gasteiger partial charge in [-0.2, -0.15) is 9.50 Å². The van der Waals surface area contributed by atoms with Gasteiger partial charge in [0.15, 0.2) is 6.10 Å². The van der Waals surface area contributed by atoms with Gasteiger partial charge in [0, 0.05) is 0 Å². The lowest BCUT2D eigenvalue weighted by Gasteiger charge is -2.13. The summed E-state index contributed by atoms with van der Waals surface area (Å²) in [4.78, 5) is 20.7. The molecular weight excluding hydrogens is 330 g/mol. The van der Waals surface area contributed by atoms with E-state index >= 15 is 0 Å². The van der Waals surface area contributed by atoms with Crippen LogP contribution in [0.2, 0.25) is 5.02 Å². The number of halogens is 1. The lowest BCUT2D eigenvalue weighted by Crippen LogP contribution is -2.30. The summed E-state index contributed by atoms with van der Waals surface area (Å²) in [5, 5.41) is 7.36. The van der Waals surface area contributed by atoms with Crippen LogP contribution in [0.3, 0.4) is 0 Å². The van der Waals surface area contributed by atoms with Gasteiger partial charge in [0.25, 0.3) is 17.6 Å². The van der Waals surface area contributed by atoms with Crippen molar-refractivity contribution in [1.82, 2.24) is 19.6 Å². The van der Waals surface area contributed by atoms with Gasteiger partial charge >= 0.3 is 0 Å². The van der Waals surface area contributed by atoms with E-state index in [4.69, 9.17) is 16.3 Å². The Labute approximate surface area is 143 Å². The molecule has 0 aliphatic rings. The Kier molecular flexibility index (Phi) is 4.35. The number of hydrogen-bond donors (Lipinski definition) is 1. The molecular formula is C16H16ClN5O2. The SMILES string of the molecule is Cc1nc2nc(NC(=O)[C@@H](C)Oc3ccccc3)nn2c(C)c1Cl. The highest BCUT2D eigenvalue weighted by molar-refractivity contribution is 6.31. The second-order valence-electron chi connectivity index (χ2n) is 5.31. The van der Waals surface area contributed by atoms with Gasteiger partial charge in [0.2, 0.25) is 0 Å². The molecule has 0 aliphatic carbocycles. The second-order valence-corrected chi connectivity index (χ2v) is 5.68. The summed E-state index contributed by atoms with van der Waals surface area (Å²) in [7, 11) is 0. The van der Waals surface area contributed by atoms with Crippen molar-refractivity contribution in [3.8, 4) is 5.75 Å². The van der Waals surface area contributed by atoms with Gasteiger partial charge in [-0.3, -0.25) is 10.1 Å². The van der Waals surface area contributed by atoms with Gasteiger partial charge in [-0.05, 0) is 32.9 Å². The summed E-state index contributed by atoms with van der Waals surface area (Å²) < 4.78 is 7.07. The molecule has 0 saturated heterocycles. The highest BCUT2D eigenvalue weighted by Crippen LogP contribution is 2.19. The number of rotatable bonds is 4. The van der Waals surface area contributed by atoms with Crippen LogP contribution in [-0.2, 0) is 4.79 Å². The highest BCUT2D eigenvalue weighted by atomic mass is 35.5. The van der Waals surface area contributed by atoms with E-state index in [1.54, 1.807) is 26.0 Å². The van der Waals surface area contributed by atoms with E-state index in [0.29, 0.717) is 27.9 Å². The molecule has 0 bridgehead atoms. The van der Waals surface area contributed by atoms with Crippen LogP contribution in [0.15, 0.2) is 30.3 Å². The van der Waals surface area contributed by atoms with Crippen LogP contribution in [-0.4, -0.2) is 31.6 Å². The molecule has 0 radical (unpaired) electrons. The first-order valence-corrected chi connectivity index (χ1v) is 7.75. The predicted molar refractivity (Wildman–Crippen MR) is 90.4 cm³/mol. The van der Waals surface area contributed by atoms with Crippen LogP contribution >= 0.6 is 11.6 Å². The van der Waals surface area contributed by atoms with Gasteiger partial charge in [0.1, 0.15) is 5.75 Å². The van der Waals surface area contributed by atoms with E-state index in [0.717, 1.165) is 0 Å². The van der Waals surface area contributed by atoms with Crippen molar-refractivity contribution in [2.45, 2.75) is 26.9 Å². The Morgan fingerprint density at radius 2 is 1.96 bits per heavy atom. The molecule has 24 heavy (non-hydrogen) atoms. The molecule has 0 aliphatic heterocycles. The second kappa shape index (κ2) is 6.45. The summed E-state index contributed by atoms with van der Waals surface area (Å²) in [5.41, 5.74) is 1.37. The first-order chi connectivity index (χ1) is 11.5. The molecule has 0 saturated carbocycles. The van der Waals surface area contributed by atoms with Gasteiger partial charge in [-0.1, -0.05) is 29.8 Å². The summed E-state index contributed by atoms with van der Waals surface area (Å²) in [6.45, 7) is 5.26. The van der Waals surface area contributed by atoms with Crippen molar-refractivity contribution in [3.63, 3.8) is 0 Å². The monoisotopic (exact) mass is 345 g/mol. The molecule has 0 unspecified atom stereocenters. The summed E-state index contributed by atoms with van der Waals surface area (Å²) >= 11 is 6.15. The number of amides is 1. The van der Waals surface area contributed by atoms with Gasteiger partial charge < -0.3 is 4.74 Å². The first-order valence-electron chi connectivity index (χ1n) is 7.37. The van der Waals surface area contributed by atoms with Crippen LogP contribution in [0.1, 0.15) is 18.3 Å². The minimum atomic E-state index is -0.696. The normalized spacial score (nSPS) is 12.2. The Bertz CT molecular complexity index is 894. The maximum Gasteiger partial charge on any atom is 0.267 e. The van der Waals surface area contributed by atoms with Crippen molar-refractivity contribution in [2.75, 3.05) is 5.32 Å². The summed E-state index contributed by atoms with van der Waals surface area (Å²) in [6.07, 6.45) is -0.696. The third-order valence-electron chi connectivity index (χ3n) is 3.47. The van der Waals surface area contributed by atoms with Gasteiger partial charge in [0.05, 0.1) is 16.4 Å². The van der Waals surface area contributed by atoms with Crippen molar-refractivity contribution in [2.24, 2.45) is 0 Å². The largest absolute Gasteiger partial charge is 0.481 e. The fraction of sp³-hybridized carbons (Fsp3) is 0.250. The van der Waals surface area contributed by atoms with E-state index < -0.39 is 6.10 Å². The molecule has 1 aromatic carbocycles. The average molecular weight is 346 g/mol. The van der Waals surface area contributed by atoms with Crippen LogP contribution in [0, 0.1) is 13.8 Å². The third-order valence-corrected chi connectivity index (χ3v) is 4.02. The van der Waals surface area contributed by atoms with Crippen LogP contribution in [0.5, 0.6) is 5.75 Å². The lowest BCUT2D eigenvalue weighted by molar-refractivity contribution is -0.122. The molecule has 2 aromatic heterocycles. The lowest BCUT2D eigenvalue weighted by atomic mass is 10.3. The summed E-state index contributed by atoms with van der Waals surface area (Å²) in [6, 6.07) is 9.12. The number of benzene rings is 1. The number of nitrogens with one attached hydrogen (secondary N) is 1. The van der Waals surface area contributed by atoms with E-state index in [-0.39, 0.29) is 11.9 Å². The number of anilines is 1. The van der Waals surface area contributed by atoms with Crippen molar-refractivity contribution in [1.29, 1.82) is 0 Å². The van der Waals surface area contributed by atoms with Gasteiger partial charge in [-0.25, -0.2) is 4.98 Å². The maximum atomic E-state index is 12.2. The van der Waals surface area contributed by atoms with Crippen molar-refractivity contribution < 1.29 is 9.53 Å². The molecule has 124 valence electrons. The van der Waals surface area contributed by atoms with Crippen LogP contribution < -0.4 is 10.1 Å². The fourth-order valence-corrected chi connectivity index (χ4v) is 2.30. The first kappa shape index (κ1) is 16.2. The Balaban J connectivity index is 1.77. The molecule has 8 heteroatoms. The molecule has 1 amide bonds. The molecule has 1 atom stereocenters. The van der Waals surface area contributed by atoms with E-state index in [9.17, 15) is 4.79 Å². The molecule has 0 spiro atoms. The van der Waals surface area contributed by atoms with Crippen molar-refractivity contribution in [3.05, 3.63) is 46.7 Å². The van der Waals surface area contributed by atoms with Gasteiger partial charge in [-0.15, -0.1) is 5.10 Å². The zero-order chi connectivity index (χ0) is 17.3. The van der Waals surface area contributed by atoms with Crippen LogP contribution in [0.25, 0.3) is 5.78 Å². The number of aromatic nitrogens is 4. The number of fused-ring (bicyclic) bond motifs is 1. The number of para-hydroxylation sites is 1. The quantitative estimate of drug-likeness (QED) is 0.786. The van der Waals surface area contributed by atoms with E-state index in [1.165, 1.54) is 4.52 Å². The number of carbonyl (C=O) groups is 1. The summed E-state index contributed by atoms with van der Waals surface area (Å²) in [5.74, 6) is 0.792. The zero-order valence-corrected chi connectivity index (χ0v) is 14.2. The molecule has 3 rings (SSSR count). The number of hydrogen-bond acceptors (Lipinski definition) is 5. The Morgan fingerprint density at radius 1 is 1.25 bits per heavy atom. The standard InChI is InChI=1S/C16H16ClN5O2/c1-9-13(17)10(2)22-16(18-9)20-15(21-22)19-14(23)11(3)24-12-7-5-4-6-8-12/h4-8,11H,1-3H3,(H,19,21,23)/t11-/m1/s1. The smallest absolute Gasteiger partial charge is 0.267 e. The topological polar surface area (TPSA) is 81.4 Å². The number of nitrogens with zero attached hydrogens (tertiary/aromatic N) is 4. The molecule has 3 aromatic rings. The molecule has 1 N–H and O–H groups in total. The average Bonchev–Trinajstić information content (AvgIpc) is 2.96. The zero-order valence-electron chi connectivity index (χ0n) is 13.4. The predicted octanol–water partition coefficient (Wildman–Crippen LogP) is 2.80. The van der Waals surface area contributed by atoms with Crippen LogP contribution in [0.4, 0.5) is 5.95 Å². The van der Waals surface area contributed by atoms with E-state index in [2.05, 4.69) is 20.4 Å². The fourth-order valence-electron chi connectivity index (χ4n) is 2.18. The molecule has 2 heterocycles. The molecule has 0 fully saturated rings. The Hall–Kier alpha value is -2.67. The number of carbonyl (C=O) groups excluding carboxylic acids is 1. The third kappa shape index (κ3) is 3.16. The molecule has 7 nitrogen and oxygen atoms in total. The minimum Gasteiger partial charge on any atom is -0.481 e. The highest BCUT2D eigenvalue weighted by Gasteiger charge is 2.18. The Morgan fingerprint density at radius 3 is 2.67 bits per heavy atom. The maximum absolute atomic E-state index is 12.2. The number of ether oxygens (including phenoxy) is 1. The number of aryl methyl sites for hydroxylation is 2. The minimum absolute atomic E-state index is 0.153. The van der Waals surface area contributed by atoms with E-state index in [1.807, 2.05) is 25.1 Å².